The molecule has 0 radical (unpaired) electrons. The second kappa shape index (κ2) is 9.39. The fourth-order valence-corrected chi connectivity index (χ4v) is 4.08. The van der Waals surface area contributed by atoms with Gasteiger partial charge in [0.25, 0.3) is 0 Å². The molecule has 1 heterocycles. The highest BCUT2D eigenvalue weighted by molar-refractivity contribution is 7.17. The molecule has 0 N–H and O–H groups in total. The van der Waals surface area contributed by atoms with Crippen molar-refractivity contribution >= 4 is 23.1 Å². The number of carbonyl (C=O) groups excluding carboxylic acids is 2. The van der Waals surface area contributed by atoms with E-state index in [2.05, 4.69) is 0 Å². The van der Waals surface area contributed by atoms with Crippen LogP contribution in [0, 0.1) is 0 Å². The molecule has 3 rings (SSSR count). The van der Waals surface area contributed by atoms with E-state index in [1.54, 1.807) is 51.5 Å². The zero-order valence-electron chi connectivity index (χ0n) is 16.6. The fourth-order valence-electron chi connectivity index (χ4n) is 2.93. The Morgan fingerprint density at radius 1 is 0.931 bits per heavy atom. The lowest BCUT2D eigenvalue weighted by Gasteiger charge is -2.05. The van der Waals surface area contributed by atoms with Gasteiger partial charge in [0.1, 0.15) is 11.5 Å². The van der Waals surface area contributed by atoms with Crippen molar-refractivity contribution in [3.8, 4) is 21.9 Å². The molecule has 0 amide bonds. The number of ketones is 1. The van der Waals surface area contributed by atoms with Gasteiger partial charge < -0.3 is 14.2 Å². The maximum Gasteiger partial charge on any atom is 0.310 e. The molecular formula is C23H22O5S. The van der Waals surface area contributed by atoms with Crippen LogP contribution in [0.3, 0.4) is 0 Å². The molecule has 6 heteroatoms. The molecule has 2 aromatic carbocycles. The molecule has 1 aromatic heterocycles. The number of carbonyl (C=O) groups is 2. The minimum Gasteiger partial charge on any atom is -0.497 e. The summed E-state index contributed by atoms with van der Waals surface area (Å²) in [7, 11) is 3.17. The van der Waals surface area contributed by atoms with Crippen LogP contribution in [-0.2, 0) is 16.0 Å². The molecule has 0 unspecified atom stereocenters. The quantitative estimate of drug-likeness (QED) is 0.395. The van der Waals surface area contributed by atoms with Crippen LogP contribution in [0.1, 0.15) is 27.7 Å². The van der Waals surface area contributed by atoms with Crippen molar-refractivity contribution in [2.45, 2.75) is 13.3 Å². The average Bonchev–Trinajstić information content (AvgIpc) is 3.17. The lowest BCUT2D eigenvalue weighted by molar-refractivity contribution is -0.142. The fraction of sp³-hybridized carbons (Fsp3) is 0.217. The Balaban J connectivity index is 2.00. The lowest BCUT2D eigenvalue weighted by Crippen LogP contribution is -2.07. The molecule has 0 saturated heterocycles. The summed E-state index contributed by atoms with van der Waals surface area (Å²) in [6.45, 7) is 2.09. The number of rotatable bonds is 8. The molecule has 150 valence electrons. The Labute approximate surface area is 173 Å². The SMILES string of the molecule is CCOC(=O)Cc1cc(C(=O)c2cccc(OC)c2)sc1-c1ccc(OC)cc1. The van der Waals surface area contributed by atoms with Crippen molar-refractivity contribution in [1.82, 2.24) is 0 Å². The van der Waals surface area contributed by atoms with Crippen LogP contribution in [0.4, 0.5) is 0 Å². The molecule has 0 bridgehead atoms. The van der Waals surface area contributed by atoms with E-state index < -0.39 is 0 Å². The molecule has 29 heavy (non-hydrogen) atoms. The minimum absolute atomic E-state index is 0.108. The number of ether oxygens (including phenoxy) is 3. The molecule has 0 saturated carbocycles. The van der Waals surface area contributed by atoms with Gasteiger partial charge in [-0.2, -0.15) is 0 Å². The van der Waals surface area contributed by atoms with E-state index in [1.807, 2.05) is 24.3 Å². The van der Waals surface area contributed by atoms with Gasteiger partial charge in [0.15, 0.2) is 0 Å². The monoisotopic (exact) mass is 410 g/mol. The normalized spacial score (nSPS) is 10.4. The molecule has 0 atom stereocenters. The van der Waals surface area contributed by atoms with Gasteiger partial charge in [0, 0.05) is 10.4 Å². The first kappa shape index (κ1) is 20.6. The lowest BCUT2D eigenvalue weighted by atomic mass is 10.0. The van der Waals surface area contributed by atoms with Gasteiger partial charge in [-0.25, -0.2) is 0 Å². The summed E-state index contributed by atoms with van der Waals surface area (Å²) >= 11 is 1.36. The second-order valence-corrected chi connectivity index (χ2v) is 7.29. The van der Waals surface area contributed by atoms with Crippen molar-refractivity contribution in [2.75, 3.05) is 20.8 Å². The predicted octanol–water partition coefficient (Wildman–Crippen LogP) is 4.77. The molecule has 0 aliphatic carbocycles. The number of methoxy groups -OCH3 is 2. The highest BCUT2D eigenvalue weighted by Crippen LogP contribution is 2.35. The van der Waals surface area contributed by atoms with Crippen LogP contribution < -0.4 is 9.47 Å². The minimum atomic E-state index is -0.319. The molecule has 0 spiro atoms. The molecule has 0 aliphatic rings. The van der Waals surface area contributed by atoms with Gasteiger partial charge in [0.05, 0.1) is 32.1 Å². The van der Waals surface area contributed by atoms with Crippen LogP contribution in [0.15, 0.2) is 54.6 Å². The van der Waals surface area contributed by atoms with E-state index in [9.17, 15) is 9.59 Å². The van der Waals surface area contributed by atoms with Crippen molar-refractivity contribution in [2.24, 2.45) is 0 Å². The van der Waals surface area contributed by atoms with E-state index in [4.69, 9.17) is 14.2 Å². The first-order valence-corrected chi connectivity index (χ1v) is 9.98. The number of hydrogen-bond acceptors (Lipinski definition) is 6. The van der Waals surface area contributed by atoms with E-state index in [0.29, 0.717) is 22.8 Å². The molecule has 0 aliphatic heterocycles. The Morgan fingerprint density at radius 3 is 2.31 bits per heavy atom. The van der Waals surface area contributed by atoms with E-state index in [0.717, 1.165) is 21.8 Å². The van der Waals surface area contributed by atoms with Crippen LogP contribution in [0.25, 0.3) is 10.4 Å². The topological polar surface area (TPSA) is 61.8 Å². The van der Waals surface area contributed by atoms with Gasteiger partial charge in [-0.05, 0) is 60.5 Å². The second-order valence-electron chi connectivity index (χ2n) is 6.24. The Bertz CT molecular complexity index is 1000. The van der Waals surface area contributed by atoms with E-state index in [-0.39, 0.29) is 18.2 Å². The maximum absolute atomic E-state index is 13.0. The zero-order chi connectivity index (χ0) is 20.8. The average molecular weight is 410 g/mol. The van der Waals surface area contributed by atoms with Gasteiger partial charge in [-0.3, -0.25) is 9.59 Å². The molecule has 3 aromatic rings. The van der Waals surface area contributed by atoms with Crippen LogP contribution in [0.5, 0.6) is 11.5 Å². The predicted molar refractivity (Wildman–Crippen MR) is 113 cm³/mol. The highest BCUT2D eigenvalue weighted by atomic mass is 32.1. The Hall–Kier alpha value is -3.12. The third-order valence-corrected chi connectivity index (χ3v) is 5.58. The smallest absolute Gasteiger partial charge is 0.310 e. The third kappa shape index (κ3) is 4.84. The molecular weight excluding hydrogens is 388 g/mol. The van der Waals surface area contributed by atoms with Gasteiger partial charge >= 0.3 is 5.97 Å². The summed E-state index contributed by atoms with van der Waals surface area (Å²) in [5, 5.41) is 0. The van der Waals surface area contributed by atoms with E-state index >= 15 is 0 Å². The summed E-state index contributed by atoms with van der Waals surface area (Å²) in [6.07, 6.45) is 0.108. The van der Waals surface area contributed by atoms with Crippen molar-refractivity contribution in [3.05, 3.63) is 70.6 Å². The van der Waals surface area contributed by atoms with Crippen LogP contribution in [-0.4, -0.2) is 32.6 Å². The summed E-state index contributed by atoms with van der Waals surface area (Å²) < 4.78 is 15.5. The Morgan fingerprint density at radius 2 is 1.66 bits per heavy atom. The van der Waals surface area contributed by atoms with Gasteiger partial charge in [0.2, 0.25) is 5.78 Å². The van der Waals surface area contributed by atoms with Crippen LogP contribution >= 0.6 is 11.3 Å². The first-order chi connectivity index (χ1) is 14.0. The van der Waals surface area contributed by atoms with Crippen molar-refractivity contribution in [1.29, 1.82) is 0 Å². The Kier molecular flexibility index (Phi) is 6.67. The van der Waals surface area contributed by atoms with Crippen LogP contribution in [0.2, 0.25) is 0 Å². The summed E-state index contributed by atoms with van der Waals surface area (Å²) in [6, 6.07) is 16.4. The third-order valence-electron chi connectivity index (χ3n) is 4.36. The highest BCUT2D eigenvalue weighted by Gasteiger charge is 2.20. The van der Waals surface area contributed by atoms with Gasteiger partial charge in [-0.1, -0.05) is 12.1 Å². The summed E-state index contributed by atoms with van der Waals surface area (Å²) in [4.78, 5) is 26.6. The first-order valence-electron chi connectivity index (χ1n) is 9.17. The van der Waals surface area contributed by atoms with Crippen molar-refractivity contribution in [3.63, 3.8) is 0 Å². The summed E-state index contributed by atoms with van der Waals surface area (Å²) in [5.74, 6) is 0.929. The van der Waals surface area contributed by atoms with E-state index in [1.165, 1.54) is 11.3 Å². The maximum atomic E-state index is 13.0. The zero-order valence-corrected chi connectivity index (χ0v) is 17.4. The number of hydrogen-bond donors (Lipinski definition) is 0. The molecule has 5 nitrogen and oxygen atoms in total. The van der Waals surface area contributed by atoms with Crippen molar-refractivity contribution < 1.29 is 23.8 Å². The standard InChI is InChI=1S/C23H22O5S/c1-4-28-21(24)14-17-13-20(22(25)16-6-5-7-19(12-16)27-3)29-23(17)15-8-10-18(26-2)11-9-15/h5-13H,4,14H2,1-3H3. The largest absolute Gasteiger partial charge is 0.497 e. The summed E-state index contributed by atoms with van der Waals surface area (Å²) in [5.41, 5.74) is 2.22. The number of esters is 1. The number of benzene rings is 2. The van der Waals surface area contributed by atoms with Gasteiger partial charge in [-0.15, -0.1) is 11.3 Å². The number of thiophene rings is 1. The molecule has 0 fully saturated rings.